The summed E-state index contributed by atoms with van der Waals surface area (Å²) < 4.78 is 1.98. The molecule has 1 aliphatic carbocycles. The van der Waals surface area contributed by atoms with Crippen LogP contribution in [0, 0.1) is 5.92 Å². The summed E-state index contributed by atoms with van der Waals surface area (Å²) in [5.74, 6) is 2.08. The number of aryl methyl sites for hydroxylation is 1. The highest BCUT2D eigenvalue weighted by atomic mass is 16.2. The van der Waals surface area contributed by atoms with Gasteiger partial charge in [0.2, 0.25) is 0 Å². The van der Waals surface area contributed by atoms with Crippen LogP contribution in [-0.4, -0.2) is 33.7 Å². The molecular weight excluding hydrogens is 326 g/mol. The minimum absolute atomic E-state index is 0.0881. The molecular formula is C20H23N5O. The lowest BCUT2D eigenvalue weighted by Crippen LogP contribution is -2.37. The van der Waals surface area contributed by atoms with Crippen LogP contribution < -0.4 is 10.6 Å². The average molecular weight is 349 g/mol. The van der Waals surface area contributed by atoms with Gasteiger partial charge in [0, 0.05) is 25.7 Å². The van der Waals surface area contributed by atoms with Gasteiger partial charge in [-0.15, -0.1) is 10.2 Å². The van der Waals surface area contributed by atoms with Crippen molar-refractivity contribution < 1.29 is 4.79 Å². The molecule has 3 aromatic rings. The maximum Gasteiger partial charge on any atom is 0.314 e. The van der Waals surface area contributed by atoms with Crippen LogP contribution in [0.15, 0.2) is 54.7 Å². The number of nitrogens with zero attached hydrogens (tertiary/aromatic N) is 3. The van der Waals surface area contributed by atoms with Gasteiger partial charge in [0.25, 0.3) is 0 Å². The van der Waals surface area contributed by atoms with Gasteiger partial charge in [-0.25, -0.2) is 4.79 Å². The van der Waals surface area contributed by atoms with Crippen LogP contribution >= 0.6 is 0 Å². The van der Waals surface area contributed by atoms with Gasteiger partial charge >= 0.3 is 6.03 Å². The van der Waals surface area contributed by atoms with Crippen molar-refractivity contribution in [3.8, 4) is 0 Å². The molecule has 1 saturated carbocycles. The summed E-state index contributed by atoms with van der Waals surface area (Å²) in [5, 5.41) is 14.2. The van der Waals surface area contributed by atoms with E-state index in [0.717, 1.165) is 37.3 Å². The van der Waals surface area contributed by atoms with Gasteiger partial charge in [0.05, 0.1) is 0 Å². The van der Waals surface area contributed by atoms with Crippen LogP contribution in [0.3, 0.4) is 0 Å². The molecule has 1 fully saturated rings. The molecule has 1 aromatic carbocycles. The fourth-order valence-corrected chi connectivity index (χ4v) is 3.38. The molecule has 26 heavy (non-hydrogen) atoms. The first-order chi connectivity index (χ1) is 12.8. The maximum atomic E-state index is 11.9. The summed E-state index contributed by atoms with van der Waals surface area (Å²) in [6.07, 6.45) is 4.73. The van der Waals surface area contributed by atoms with Crippen molar-refractivity contribution in [2.45, 2.75) is 25.2 Å². The summed E-state index contributed by atoms with van der Waals surface area (Å²) in [6.45, 7) is 1.36. The maximum absolute atomic E-state index is 11.9. The van der Waals surface area contributed by atoms with E-state index in [9.17, 15) is 4.79 Å². The first-order valence-corrected chi connectivity index (χ1v) is 9.16. The van der Waals surface area contributed by atoms with Gasteiger partial charge in [0.1, 0.15) is 5.82 Å². The van der Waals surface area contributed by atoms with Crippen LogP contribution in [-0.2, 0) is 6.42 Å². The Morgan fingerprint density at radius 2 is 1.92 bits per heavy atom. The van der Waals surface area contributed by atoms with E-state index in [2.05, 4.69) is 45.1 Å². The topological polar surface area (TPSA) is 71.3 Å². The van der Waals surface area contributed by atoms with Crippen molar-refractivity contribution in [3.63, 3.8) is 0 Å². The minimum Gasteiger partial charge on any atom is -0.338 e. The highest BCUT2D eigenvalue weighted by Crippen LogP contribution is 2.46. The molecule has 1 aliphatic rings. The third-order valence-electron chi connectivity index (χ3n) is 4.92. The third-order valence-corrected chi connectivity index (χ3v) is 4.92. The van der Waals surface area contributed by atoms with Gasteiger partial charge in [-0.2, -0.15) is 0 Å². The lowest BCUT2D eigenvalue weighted by molar-refractivity contribution is 0.240. The average Bonchev–Trinajstić information content (AvgIpc) is 3.36. The predicted octanol–water partition coefficient (Wildman–Crippen LogP) is 2.76. The van der Waals surface area contributed by atoms with Crippen LogP contribution in [0.2, 0.25) is 0 Å². The highest BCUT2D eigenvalue weighted by molar-refractivity contribution is 5.73. The lowest BCUT2D eigenvalue weighted by Gasteiger charge is -2.07. The standard InChI is InChI=1S/C20H23N5O/c26-20(22-14-16-13-17(16)15-7-2-1-3-8-15)21-11-6-10-19-24-23-18-9-4-5-12-25(18)19/h1-5,7-9,12,16-17H,6,10-11,13-14H2,(H2,21,22,26)/t16-,17-/m0/s1. The van der Waals surface area contributed by atoms with Crippen LogP contribution in [0.25, 0.3) is 5.65 Å². The van der Waals surface area contributed by atoms with Gasteiger partial charge in [-0.05, 0) is 42.4 Å². The van der Waals surface area contributed by atoms with Crippen molar-refractivity contribution in [3.05, 3.63) is 66.1 Å². The molecule has 2 aromatic heterocycles. The fourth-order valence-electron chi connectivity index (χ4n) is 3.38. The largest absolute Gasteiger partial charge is 0.338 e. The summed E-state index contributed by atoms with van der Waals surface area (Å²) in [5.41, 5.74) is 2.23. The molecule has 2 atom stereocenters. The summed E-state index contributed by atoms with van der Waals surface area (Å²) in [7, 11) is 0. The van der Waals surface area contributed by atoms with E-state index in [0.29, 0.717) is 18.4 Å². The first kappa shape index (κ1) is 16.6. The number of fused-ring (bicyclic) bond motifs is 1. The molecule has 6 heteroatoms. The normalized spacial score (nSPS) is 18.6. The summed E-state index contributed by atoms with van der Waals surface area (Å²) in [6, 6.07) is 16.3. The van der Waals surface area contributed by atoms with Crippen LogP contribution in [0.1, 0.15) is 30.1 Å². The number of hydrogen-bond donors (Lipinski definition) is 2. The summed E-state index contributed by atoms with van der Waals surface area (Å²) >= 11 is 0. The molecule has 2 N–H and O–H groups in total. The second-order valence-corrected chi connectivity index (χ2v) is 6.80. The Hall–Kier alpha value is -2.89. The molecule has 4 rings (SSSR count). The Bertz CT molecular complexity index is 876. The molecule has 2 amide bonds. The van der Waals surface area contributed by atoms with Gasteiger partial charge in [-0.3, -0.25) is 4.40 Å². The first-order valence-electron chi connectivity index (χ1n) is 9.16. The number of carbonyl (C=O) groups excluding carboxylic acids is 1. The zero-order valence-corrected chi connectivity index (χ0v) is 14.6. The number of nitrogens with one attached hydrogen (secondary N) is 2. The monoisotopic (exact) mass is 349 g/mol. The number of carbonyl (C=O) groups is 1. The zero-order valence-electron chi connectivity index (χ0n) is 14.6. The van der Waals surface area contributed by atoms with Crippen molar-refractivity contribution in [1.82, 2.24) is 25.2 Å². The molecule has 0 unspecified atom stereocenters. The Kier molecular flexibility index (Phi) is 4.82. The van der Waals surface area contributed by atoms with E-state index in [1.54, 1.807) is 0 Å². The fraction of sp³-hybridized carbons (Fsp3) is 0.350. The van der Waals surface area contributed by atoms with E-state index >= 15 is 0 Å². The molecule has 0 aliphatic heterocycles. The quantitative estimate of drug-likeness (QED) is 0.644. The molecule has 6 nitrogen and oxygen atoms in total. The SMILES string of the molecule is O=C(NCCCc1nnc2ccccn12)NC[C@@H]1C[C@H]1c1ccccc1. The van der Waals surface area contributed by atoms with E-state index in [1.165, 1.54) is 5.56 Å². The number of hydrogen-bond acceptors (Lipinski definition) is 3. The number of aromatic nitrogens is 3. The Labute approximate surface area is 152 Å². The Balaban J connectivity index is 1.14. The number of amides is 2. The summed E-state index contributed by atoms with van der Waals surface area (Å²) in [4.78, 5) is 11.9. The predicted molar refractivity (Wildman–Crippen MR) is 100.0 cm³/mol. The molecule has 0 spiro atoms. The van der Waals surface area contributed by atoms with Crippen LogP contribution in [0.4, 0.5) is 4.79 Å². The van der Waals surface area contributed by atoms with Gasteiger partial charge in [-0.1, -0.05) is 36.4 Å². The molecule has 0 saturated heterocycles. The highest BCUT2D eigenvalue weighted by Gasteiger charge is 2.37. The number of urea groups is 1. The Morgan fingerprint density at radius 3 is 2.81 bits per heavy atom. The van der Waals surface area contributed by atoms with Crippen LogP contribution in [0.5, 0.6) is 0 Å². The van der Waals surface area contributed by atoms with Gasteiger partial charge < -0.3 is 10.6 Å². The van der Waals surface area contributed by atoms with E-state index in [4.69, 9.17) is 0 Å². The molecule has 0 bridgehead atoms. The second kappa shape index (κ2) is 7.56. The Morgan fingerprint density at radius 1 is 1.08 bits per heavy atom. The van der Waals surface area contributed by atoms with Crippen molar-refractivity contribution >= 4 is 11.7 Å². The van der Waals surface area contributed by atoms with Gasteiger partial charge in [0.15, 0.2) is 5.65 Å². The number of rotatable bonds is 7. The van der Waals surface area contributed by atoms with E-state index < -0.39 is 0 Å². The second-order valence-electron chi connectivity index (χ2n) is 6.80. The number of pyridine rings is 1. The minimum atomic E-state index is -0.0881. The van der Waals surface area contributed by atoms with E-state index in [-0.39, 0.29) is 6.03 Å². The molecule has 2 heterocycles. The third kappa shape index (κ3) is 3.85. The number of benzene rings is 1. The van der Waals surface area contributed by atoms with E-state index in [1.807, 2.05) is 34.9 Å². The van der Waals surface area contributed by atoms with Crippen molar-refractivity contribution in [1.29, 1.82) is 0 Å². The van der Waals surface area contributed by atoms with Crippen molar-refractivity contribution in [2.75, 3.05) is 13.1 Å². The lowest BCUT2D eigenvalue weighted by atomic mass is 10.1. The zero-order chi connectivity index (χ0) is 17.8. The smallest absolute Gasteiger partial charge is 0.314 e. The van der Waals surface area contributed by atoms with Crippen molar-refractivity contribution in [2.24, 2.45) is 5.92 Å². The molecule has 0 radical (unpaired) electrons. The molecule has 134 valence electrons.